The van der Waals surface area contributed by atoms with Crippen molar-refractivity contribution in [1.29, 1.82) is 0 Å². The zero-order valence-electron chi connectivity index (χ0n) is 11.3. The molecule has 2 saturated heterocycles. The van der Waals surface area contributed by atoms with Gasteiger partial charge >= 0.3 is 0 Å². The molecule has 0 spiro atoms. The number of hydrogen-bond acceptors (Lipinski definition) is 5. The standard InChI is InChI=1S/C16H11NO5/c18-14-12-10-5-6-16(22-10,13(12)15(19)17-14)11-4-3-9(21-11)8-2-1-7-20-8/h1-7,10,12-13H,(H,17,18,19)/t10-,12-,13+,16-/m0/s1. The number of imide groups is 1. The van der Waals surface area contributed by atoms with Gasteiger partial charge in [-0.25, -0.2) is 0 Å². The highest BCUT2D eigenvalue weighted by molar-refractivity contribution is 6.07. The van der Waals surface area contributed by atoms with Crippen LogP contribution in [-0.2, 0) is 19.9 Å². The van der Waals surface area contributed by atoms with Gasteiger partial charge in [-0.05, 0) is 30.3 Å². The number of amides is 2. The molecule has 0 unspecified atom stereocenters. The summed E-state index contributed by atoms with van der Waals surface area (Å²) in [5.41, 5.74) is -1.00. The maximum absolute atomic E-state index is 12.2. The number of nitrogens with one attached hydrogen (secondary N) is 1. The molecule has 2 amide bonds. The summed E-state index contributed by atoms with van der Waals surface area (Å²) in [5.74, 6) is 0.0304. The van der Waals surface area contributed by atoms with E-state index in [2.05, 4.69) is 5.32 Å². The average molecular weight is 297 g/mol. The molecule has 4 atom stereocenters. The van der Waals surface area contributed by atoms with E-state index in [4.69, 9.17) is 13.6 Å². The summed E-state index contributed by atoms with van der Waals surface area (Å²) < 4.78 is 17.1. The Balaban J connectivity index is 1.62. The van der Waals surface area contributed by atoms with Crippen molar-refractivity contribution in [3.63, 3.8) is 0 Å². The van der Waals surface area contributed by atoms with Gasteiger partial charge in [0.05, 0.1) is 24.2 Å². The summed E-state index contributed by atoms with van der Waals surface area (Å²) >= 11 is 0. The van der Waals surface area contributed by atoms with Gasteiger partial charge in [0.2, 0.25) is 11.8 Å². The summed E-state index contributed by atoms with van der Waals surface area (Å²) in [6.07, 6.45) is 4.83. The van der Waals surface area contributed by atoms with Crippen LogP contribution in [0.1, 0.15) is 5.76 Å². The van der Waals surface area contributed by atoms with Crippen molar-refractivity contribution in [2.24, 2.45) is 11.8 Å². The van der Waals surface area contributed by atoms with E-state index in [0.29, 0.717) is 17.3 Å². The second-order valence-electron chi connectivity index (χ2n) is 5.73. The fraction of sp³-hybridized carbons (Fsp3) is 0.250. The van der Waals surface area contributed by atoms with Gasteiger partial charge in [-0.3, -0.25) is 14.9 Å². The van der Waals surface area contributed by atoms with Gasteiger partial charge in [-0.15, -0.1) is 0 Å². The maximum Gasteiger partial charge on any atom is 0.234 e. The first kappa shape index (κ1) is 12.0. The molecule has 22 heavy (non-hydrogen) atoms. The highest BCUT2D eigenvalue weighted by Gasteiger charge is 2.67. The molecule has 0 aliphatic carbocycles. The van der Waals surface area contributed by atoms with Gasteiger partial charge in [0.25, 0.3) is 0 Å². The van der Waals surface area contributed by atoms with Gasteiger partial charge in [0, 0.05) is 0 Å². The van der Waals surface area contributed by atoms with Crippen LogP contribution in [-0.4, -0.2) is 17.9 Å². The average Bonchev–Trinajstić information content (AvgIpc) is 3.29. The van der Waals surface area contributed by atoms with Gasteiger partial charge in [-0.1, -0.05) is 6.08 Å². The lowest BCUT2D eigenvalue weighted by atomic mass is 9.76. The third kappa shape index (κ3) is 1.28. The molecule has 2 fully saturated rings. The van der Waals surface area contributed by atoms with Crippen LogP contribution in [0.2, 0.25) is 0 Å². The van der Waals surface area contributed by atoms with Crippen molar-refractivity contribution in [1.82, 2.24) is 5.32 Å². The molecule has 5 heterocycles. The molecule has 6 heteroatoms. The van der Waals surface area contributed by atoms with Crippen LogP contribution < -0.4 is 5.32 Å². The van der Waals surface area contributed by atoms with Crippen molar-refractivity contribution in [2.45, 2.75) is 11.7 Å². The Morgan fingerprint density at radius 3 is 2.82 bits per heavy atom. The van der Waals surface area contributed by atoms with E-state index in [1.165, 1.54) is 0 Å². The lowest BCUT2D eigenvalue weighted by Crippen LogP contribution is -2.36. The zero-order valence-corrected chi connectivity index (χ0v) is 11.3. The molecule has 110 valence electrons. The number of carbonyl (C=O) groups is 2. The minimum absolute atomic E-state index is 0.274. The Hall–Kier alpha value is -2.60. The number of furan rings is 2. The molecule has 2 aromatic heterocycles. The number of rotatable bonds is 2. The van der Waals surface area contributed by atoms with Gasteiger partial charge < -0.3 is 13.6 Å². The summed E-state index contributed by atoms with van der Waals surface area (Å²) in [6, 6.07) is 7.10. The van der Waals surface area contributed by atoms with Crippen LogP contribution in [0.3, 0.4) is 0 Å². The Kier molecular flexibility index (Phi) is 2.06. The van der Waals surface area contributed by atoms with E-state index in [1.807, 2.05) is 12.2 Å². The molecule has 3 aliphatic rings. The largest absolute Gasteiger partial charge is 0.461 e. The van der Waals surface area contributed by atoms with Crippen molar-refractivity contribution in [3.05, 3.63) is 48.4 Å². The van der Waals surface area contributed by atoms with Crippen LogP contribution in [0.15, 0.2) is 51.5 Å². The molecule has 6 nitrogen and oxygen atoms in total. The summed E-state index contributed by atoms with van der Waals surface area (Å²) in [5, 5.41) is 2.39. The number of hydrogen-bond donors (Lipinski definition) is 1. The Morgan fingerprint density at radius 2 is 2.00 bits per heavy atom. The molecule has 0 radical (unpaired) electrons. The fourth-order valence-corrected chi connectivity index (χ4v) is 3.70. The summed E-state index contributed by atoms with van der Waals surface area (Å²) in [6.45, 7) is 0. The predicted octanol–water partition coefficient (Wildman–Crippen LogP) is 1.59. The van der Waals surface area contributed by atoms with Crippen molar-refractivity contribution in [2.75, 3.05) is 0 Å². The van der Waals surface area contributed by atoms with Crippen LogP contribution >= 0.6 is 0 Å². The third-order valence-electron chi connectivity index (χ3n) is 4.63. The van der Waals surface area contributed by atoms with Gasteiger partial charge in [0.15, 0.2) is 17.1 Å². The van der Waals surface area contributed by atoms with Crippen LogP contribution in [0.5, 0.6) is 0 Å². The van der Waals surface area contributed by atoms with Crippen LogP contribution in [0.4, 0.5) is 0 Å². The number of carbonyl (C=O) groups excluding carboxylic acids is 2. The van der Waals surface area contributed by atoms with Crippen molar-refractivity contribution >= 4 is 11.8 Å². The molecular weight excluding hydrogens is 286 g/mol. The summed E-state index contributed by atoms with van der Waals surface area (Å²) in [7, 11) is 0. The lowest BCUT2D eigenvalue weighted by molar-refractivity contribution is -0.131. The first-order valence-electron chi connectivity index (χ1n) is 7.05. The van der Waals surface area contributed by atoms with E-state index in [9.17, 15) is 9.59 Å². The highest BCUT2D eigenvalue weighted by Crippen LogP contribution is 2.55. The highest BCUT2D eigenvalue weighted by atomic mass is 16.5. The normalized spacial score (nSPS) is 35.2. The zero-order chi connectivity index (χ0) is 14.9. The number of fused-ring (bicyclic) bond motifs is 5. The molecular formula is C16H11NO5. The van der Waals surface area contributed by atoms with Crippen molar-refractivity contribution in [3.8, 4) is 11.5 Å². The maximum atomic E-state index is 12.2. The van der Waals surface area contributed by atoms with E-state index in [0.717, 1.165) is 0 Å². The molecule has 1 N–H and O–H groups in total. The smallest absolute Gasteiger partial charge is 0.234 e. The molecule has 2 bridgehead atoms. The molecule has 5 rings (SSSR count). The minimum Gasteiger partial charge on any atom is -0.461 e. The SMILES string of the molecule is O=C1NC(=O)[C@H]2[C@@H]1[C@@H]1C=C[C@@]2(c2ccc(-c3ccco3)o2)O1. The molecule has 0 saturated carbocycles. The first-order valence-corrected chi connectivity index (χ1v) is 7.05. The molecule has 3 aliphatic heterocycles. The topological polar surface area (TPSA) is 81.7 Å². The fourth-order valence-electron chi connectivity index (χ4n) is 3.70. The van der Waals surface area contributed by atoms with Gasteiger partial charge in [0.1, 0.15) is 5.76 Å². The Labute approximate surface area is 124 Å². The van der Waals surface area contributed by atoms with Gasteiger partial charge in [-0.2, -0.15) is 0 Å². The summed E-state index contributed by atoms with van der Waals surface area (Å²) in [4.78, 5) is 24.1. The van der Waals surface area contributed by atoms with Crippen molar-refractivity contribution < 1.29 is 23.2 Å². The lowest BCUT2D eigenvalue weighted by Gasteiger charge is -2.25. The Morgan fingerprint density at radius 1 is 1.09 bits per heavy atom. The quantitative estimate of drug-likeness (QED) is 0.672. The van der Waals surface area contributed by atoms with Crippen LogP contribution in [0, 0.1) is 11.8 Å². The second-order valence-corrected chi connectivity index (χ2v) is 5.73. The molecule has 2 aromatic rings. The van der Waals surface area contributed by atoms with E-state index >= 15 is 0 Å². The van der Waals surface area contributed by atoms with Crippen LogP contribution in [0.25, 0.3) is 11.5 Å². The second kappa shape index (κ2) is 3.78. The minimum atomic E-state index is -1.00. The van der Waals surface area contributed by atoms with E-state index in [-0.39, 0.29) is 17.9 Å². The predicted molar refractivity (Wildman–Crippen MR) is 72.2 cm³/mol. The monoisotopic (exact) mass is 297 g/mol. The molecule has 0 aromatic carbocycles. The number of ether oxygens (including phenoxy) is 1. The van der Waals surface area contributed by atoms with E-state index in [1.54, 1.807) is 30.5 Å². The Bertz CT molecular complexity index is 817. The van der Waals surface area contributed by atoms with E-state index < -0.39 is 17.4 Å². The first-order chi connectivity index (χ1) is 10.7. The third-order valence-corrected chi connectivity index (χ3v) is 4.63.